The lowest BCUT2D eigenvalue weighted by Gasteiger charge is -2.16. The summed E-state index contributed by atoms with van der Waals surface area (Å²) in [6.07, 6.45) is 0.271. The Kier molecular flexibility index (Phi) is 4.44. The third-order valence-corrected chi connectivity index (χ3v) is 2.87. The molecule has 0 spiro atoms. The van der Waals surface area contributed by atoms with Gasteiger partial charge in [-0.3, -0.25) is 9.67 Å². The molecule has 0 saturated heterocycles. The first-order valence-electron chi connectivity index (χ1n) is 6.48. The molecule has 1 atom stereocenters. The third-order valence-electron chi connectivity index (χ3n) is 2.87. The predicted molar refractivity (Wildman–Crippen MR) is 71.7 cm³/mol. The number of nitrogens with zero attached hydrogens (tertiary/aromatic N) is 4. The summed E-state index contributed by atoms with van der Waals surface area (Å²) >= 11 is 0. The quantitative estimate of drug-likeness (QED) is 0.922. The Morgan fingerprint density at radius 2 is 2.10 bits per heavy atom. The van der Waals surface area contributed by atoms with Crippen molar-refractivity contribution < 1.29 is 13.2 Å². The van der Waals surface area contributed by atoms with Gasteiger partial charge in [0.05, 0.1) is 11.9 Å². The van der Waals surface area contributed by atoms with Crippen molar-refractivity contribution >= 4 is 5.82 Å². The van der Waals surface area contributed by atoms with Crippen LogP contribution in [0, 0.1) is 12.8 Å². The number of nitrogens with one attached hydrogen (secondary N) is 1. The fourth-order valence-corrected chi connectivity index (χ4v) is 1.94. The minimum Gasteiger partial charge on any atom is -0.368 e. The van der Waals surface area contributed by atoms with Crippen LogP contribution in [0.2, 0.25) is 0 Å². The van der Waals surface area contributed by atoms with E-state index >= 15 is 0 Å². The van der Waals surface area contributed by atoms with Crippen LogP contribution in [0.15, 0.2) is 24.7 Å². The number of rotatable bonds is 5. The number of aryl methyl sites for hydroxylation is 1. The van der Waals surface area contributed by atoms with Gasteiger partial charge in [-0.25, -0.2) is 4.98 Å². The Balaban J connectivity index is 1.98. The van der Waals surface area contributed by atoms with Crippen LogP contribution in [0.25, 0.3) is 0 Å². The van der Waals surface area contributed by atoms with Gasteiger partial charge in [0.2, 0.25) is 0 Å². The summed E-state index contributed by atoms with van der Waals surface area (Å²) in [6, 6.07) is 1.06. The van der Waals surface area contributed by atoms with Gasteiger partial charge in [0.1, 0.15) is 11.5 Å². The van der Waals surface area contributed by atoms with Gasteiger partial charge in [0, 0.05) is 25.5 Å². The van der Waals surface area contributed by atoms with E-state index in [-0.39, 0.29) is 12.5 Å². The van der Waals surface area contributed by atoms with E-state index in [1.807, 2.05) is 6.92 Å². The number of alkyl halides is 3. The van der Waals surface area contributed by atoms with Crippen molar-refractivity contribution in [3.8, 4) is 0 Å². The summed E-state index contributed by atoms with van der Waals surface area (Å²) in [5.74, 6) is 0.546. The summed E-state index contributed by atoms with van der Waals surface area (Å²) in [5.41, 5.74) is -0.359. The van der Waals surface area contributed by atoms with Crippen molar-refractivity contribution in [1.29, 1.82) is 0 Å². The summed E-state index contributed by atoms with van der Waals surface area (Å²) in [4.78, 5) is 7.95. The number of halogens is 3. The SMILES string of the molecule is Cc1cc(C(F)(F)F)n(CC(C)CNc2cnccn2)n1. The van der Waals surface area contributed by atoms with Crippen molar-refractivity contribution in [2.24, 2.45) is 5.92 Å². The van der Waals surface area contributed by atoms with Gasteiger partial charge in [-0.1, -0.05) is 6.92 Å². The van der Waals surface area contributed by atoms with E-state index in [2.05, 4.69) is 20.4 Å². The molecule has 8 heteroatoms. The largest absolute Gasteiger partial charge is 0.433 e. The number of aromatic nitrogens is 4. The zero-order chi connectivity index (χ0) is 15.5. The van der Waals surface area contributed by atoms with Gasteiger partial charge in [-0.15, -0.1) is 0 Å². The van der Waals surface area contributed by atoms with E-state index in [0.29, 0.717) is 18.1 Å². The van der Waals surface area contributed by atoms with Crippen molar-refractivity contribution in [2.75, 3.05) is 11.9 Å². The maximum Gasteiger partial charge on any atom is 0.433 e. The molecule has 0 radical (unpaired) electrons. The van der Waals surface area contributed by atoms with Crippen molar-refractivity contribution in [3.63, 3.8) is 0 Å². The van der Waals surface area contributed by atoms with Crippen LogP contribution in [0.5, 0.6) is 0 Å². The van der Waals surface area contributed by atoms with E-state index in [1.54, 1.807) is 25.5 Å². The van der Waals surface area contributed by atoms with Crippen molar-refractivity contribution in [1.82, 2.24) is 19.7 Å². The molecule has 0 aliphatic heterocycles. The van der Waals surface area contributed by atoms with Crippen LogP contribution in [0.1, 0.15) is 18.3 Å². The Morgan fingerprint density at radius 1 is 1.33 bits per heavy atom. The molecule has 2 rings (SSSR count). The highest BCUT2D eigenvalue weighted by Gasteiger charge is 2.35. The second-order valence-electron chi connectivity index (χ2n) is 4.93. The Labute approximate surface area is 120 Å². The molecule has 5 nitrogen and oxygen atoms in total. The molecule has 2 heterocycles. The van der Waals surface area contributed by atoms with Crippen molar-refractivity contribution in [3.05, 3.63) is 36.0 Å². The smallest absolute Gasteiger partial charge is 0.368 e. The van der Waals surface area contributed by atoms with E-state index in [0.717, 1.165) is 10.7 Å². The lowest BCUT2D eigenvalue weighted by molar-refractivity contribution is -0.144. The highest BCUT2D eigenvalue weighted by molar-refractivity contribution is 5.29. The number of hydrogen-bond donors (Lipinski definition) is 1. The van der Waals surface area contributed by atoms with Crippen LogP contribution in [0.3, 0.4) is 0 Å². The zero-order valence-corrected chi connectivity index (χ0v) is 11.7. The molecule has 0 aromatic carbocycles. The maximum absolute atomic E-state index is 12.9. The highest BCUT2D eigenvalue weighted by Crippen LogP contribution is 2.30. The lowest BCUT2D eigenvalue weighted by Crippen LogP contribution is -2.22. The molecule has 1 unspecified atom stereocenters. The van der Waals surface area contributed by atoms with E-state index in [1.165, 1.54) is 0 Å². The normalized spacial score (nSPS) is 13.2. The molecule has 2 aromatic heterocycles. The summed E-state index contributed by atoms with van der Waals surface area (Å²) in [5, 5.41) is 6.95. The molecule has 0 aliphatic rings. The van der Waals surface area contributed by atoms with E-state index in [4.69, 9.17) is 0 Å². The molecular formula is C13H16F3N5. The van der Waals surface area contributed by atoms with Gasteiger partial charge in [0.15, 0.2) is 0 Å². The summed E-state index contributed by atoms with van der Waals surface area (Å²) < 4.78 is 39.6. The Morgan fingerprint density at radius 3 is 2.71 bits per heavy atom. The fourth-order valence-electron chi connectivity index (χ4n) is 1.94. The van der Waals surface area contributed by atoms with Gasteiger partial charge in [0.25, 0.3) is 0 Å². The van der Waals surface area contributed by atoms with Crippen LogP contribution in [0.4, 0.5) is 19.0 Å². The third kappa shape index (κ3) is 4.17. The number of hydrogen-bond acceptors (Lipinski definition) is 4. The molecule has 21 heavy (non-hydrogen) atoms. The van der Waals surface area contributed by atoms with E-state index < -0.39 is 11.9 Å². The molecule has 1 N–H and O–H groups in total. The van der Waals surface area contributed by atoms with Gasteiger partial charge in [-0.2, -0.15) is 18.3 Å². The highest BCUT2D eigenvalue weighted by atomic mass is 19.4. The monoisotopic (exact) mass is 299 g/mol. The molecule has 0 saturated carbocycles. The molecule has 2 aromatic rings. The topological polar surface area (TPSA) is 55.6 Å². The molecule has 0 amide bonds. The average Bonchev–Trinajstić information content (AvgIpc) is 2.78. The molecular weight excluding hydrogens is 283 g/mol. The lowest BCUT2D eigenvalue weighted by atomic mass is 10.2. The zero-order valence-electron chi connectivity index (χ0n) is 11.7. The Bertz CT molecular complexity index is 579. The molecule has 0 aliphatic carbocycles. The average molecular weight is 299 g/mol. The van der Waals surface area contributed by atoms with Crippen LogP contribution < -0.4 is 5.32 Å². The first kappa shape index (κ1) is 15.3. The second-order valence-corrected chi connectivity index (χ2v) is 4.93. The Hall–Kier alpha value is -2.12. The van der Waals surface area contributed by atoms with Crippen LogP contribution >= 0.6 is 0 Å². The molecule has 0 fully saturated rings. The van der Waals surface area contributed by atoms with Crippen LogP contribution in [-0.4, -0.2) is 26.3 Å². The van der Waals surface area contributed by atoms with E-state index in [9.17, 15) is 13.2 Å². The first-order valence-corrected chi connectivity index (χ1v) is 6.48. The minimum absolute atomic E-state index is 0.0487. The summed E-state index contributed by atoms with van der Waals surface area (Å²) in [6.45, 7) is 4.06. The van der Waals surface area contributed by atoms with Gasteiger partial charge < -0.3 is 5.32 Å². The van der Waals surface area contributed by atoms with Crippen LogP contribution in [-0.2, 0) is 12.7 Å². The van der Waals surface area contributed by atoms with Crippen molar-refractivity contribution in [2.45, 2.75) is 26.6 Å². The maximum atomic E-state index is 12.9. The fraction of sp³-hybridized carbons (Fsp3) is 0.462. The standard InChI is InChI=1S/C13H16F3N5/c1-9(6-19-12-7-17-3-4-18-12)8-21-11(13(14,15)16)5-10(2)20-21/h3-5,7,9H,6,8H2,1-2H3,(H,18,19). The summed E-state index contributed by atoms with van der Waals surface area (Å²) in [7, 11) is 0. The predicted octanol–water partition coefficient (Wildman–Crippen LogP) is 2.75. The van der Waals surface area contributed by atoms with Gasteiger partial charge >= 0.3 is 6.18 Å². The number of anilines is 1. The van der Waals surface area contributed by atoms with Gasteiger partial charge in [-0.05, 0) is 18.9 Å². The molecule has 0 bridgehead atoms. The minimum atomic E-state index is -4.39. The molecule has 114 valence electrons. The first-order chi connectivity index (χ1) is 9.86. The second kappa shape index (κ2) is 6.11.